The zero-order chi connectivity index (χ0) is 15.7. The smallest absolute Gasteiger partial charge is 0.319 e. The van der Waals surface area contributed by atoms with Crippen LogP contribution in [0.3, 0.4) is 0 Å². The summed E-state index contributed by atoms with van der Waals surface area (Å²) in [6, 6.07) is 5.72. The summed E-state index contributed by atoms with van der Waals surface area (Å²) in [5, 5.41) is 16.7. The Morgan fingerprint density at radius 3 is 2.19 bits per heavy atom. The van der Waals surface area contributed by atoms with Gasteiger partial charge in [-0.15, -0.1) is 0 Å². The van der Waals surface area contributed by atoms with Crippen molar-refractivity contribution in [3.05, 3.63) is 29.8 Å². The van der Waals surface area contributed by atoms with E-state index < -0.39 is 27.3 Å². The van der Waals surface area contributed by atoms with Gasteiger partial charge in [-0.25, -0.2) is 13.6 Å². The third-order valence-corrected chi connectivity index (χ3v) is 4.69. The Morgan fingerprint density at radius 2 is 1.81 bits per heavy atom. The molecule has 2 rings (SSSR count). The summed E-state index contributed by atoms with van der Waals surface area (Å²) >= 11 is 0. The van der Waals surface area contributed by atoms with Crippen molar-refractivity contribution in [3.63, 3.8) is 0 Å². The third kappa shape index (κ3) is 3.06. The lowest BCUT2D eigenvalue weighted by Crippen LogP contribution is -2.50. The van der Waals surface area contributed by atoms with Gasteiger partial charge in [-0.2, -0.15) is 0 Å². The topological polar surface area (TPSA) is 127 Å². The molecule has 0 aromatic heterocycles. The minimum Gasteiger partial charge on any atom is -0.480 e. The van der Waals surface area contributed by atoms with Crippen LogP contribution < -0.4 is 10.5 Å². The second-order valence-electron chi connectivity index (χ2n) is 5.11. The Morgan fingerprint density at radius 1 is 1.24 bits per heavy atom. The molecule has 0 heterocycles. The number of carboxylic acids is 1. The van der Waals surface area contributed by atoms with Gasteiger partial charge in [0.2, 0.25) is 15.9 Å². The maximum atomic E-state index is 12.0. The molecule has 1 saturated carbocycles. The molecule has 0 bridgehead atoms. The van der Waals surface area contributed by atoms with Gasteiger partial charge >= 0.3 is 5.97 Å². The van der Waals surface area contributed by atoms with Crippen LogP contribution in [0.2, 0.25) is 0 Å². The maximum Gasteiger partial charge on any atom is 0.319 e. The number of nitrogens with two attached hydrogens (primary N) is 1. The van der Waals surface area contributed by atoms with Crippen LogP contribution in [0.4, 0.5) is 0 Å². The minimum absolute atomic E-state index is 0.0152. The summed E-state index contributed by atoms with van der Waals surface area (Å²) in [6.45, 7) is 0.138. The van der Waals surface area contributed by atoms with Crippen molar-refractivity contribution in [2.24, 2.45) is 10.6 Å². The number of carboxylic acid groups (broad SMARTS) is 1. The molecule has 0 atom stereocenters. The van der Waals surface area contributed by atoms with E-state index in [0.29, 0.717) is 18.4 Å². The van der Waals surface area contributed by atoms with E-state index in [0.717, 1.165) is 6.42 Å². The molecule has 0 unspecified atom stereocenters. The number of hydrogen-bond acceptors (Lipinski definition) is 4. The minimum atomic E-state index is -3.75. The van der Waals surface area contributed by atoms with E-state index in [9.17, 15) is 18.0 Å². The molecule has 0 saturated heterocycles. The average molecular weight is 312 g/mol. The van der Waals surface area contributed by atoms with Gasteiger partial charge in [0.1, 0.15) is 5.41 Å². The van der Waals surface area contributed by atoms with Gasteiger partial charge in [-0.1, -0.05) is 18.6 Å². The van der Waals surface area contributed by atoms with E-state index in [4.69, 9.17) is 10.2 Å². The molecule has 1 fully saturated rings. The number of primary sulfonamides is 1. The highest BCUT2D eigenvalue weighted by Crippen LogP contribution is 2.41. The van der Waals surface area contributed by atoms with Crippen molar-refractivity contribution >= 4 is 21.9 Å². The molecule has 1 amide bonds. The number of carbonyl (C=O) groups is 2. The third-order valence-electron chi connectivity index (χ3n) is 3.76. The summed E-state index contributed by atoms with van der Waals surface area (Å²) in [7, 11) is -3.75. The molecular formula is C13H16N2O5S. The Hall–Kier alpha value is -1.93. The highest BCUT2D eigenvalue weighted by atomic mass is 32.2. The first-order valence-corrected chi connectivity index (χ1v) is 7.94. The number of amides is 1. The van der Waals surface area contributed by atoms with E-state index in [2.05, 4.69) is 5.32 Å². The van der Waals surface area contributed by atoms with Crippen LogP contribution in [-0.2, 0) is 26.2 Å². The van der Waals surface area contributed by atoms with Crippen LogP contribution in [0, 0.1) is 5.41 Å². The lowest BCUT2D eigenvalue weighted by atomic mass is 9.68. The Labute approximate surface area is 122 Å². The maximum absolute atomic E-state index is 12.0. The fourth-order valence-corrected chi connectivity index (χ4v) is 2.73. The molecule has 7 nitrogen and oxygen atoms in total. The highest BCUT2D eigenvalue weighted by molar-refractivity contribution is 7.89. The lowest BCUT2D eigenvalue weighted by Gasteiger charge is -2.35. The first-order chi connectivity index (χ1) is 9.75. The predicted octanol–water partition coefficient (Wildman–Crippen LogP) is 0.205. The lowest BCUT2D eigenvalue weighted by molar-refractivity contribution is -0.162. The van der Waals surface area contributed by atoms with Gasteiger partial charge in [0.15, 0.2) is 0 Å². The average Bonchev–Trinajstić information content (AvgIpc) is 2.34. The second kappa shape index (κ2) is 5.45. The summed E-state index contributed by atoms with van der Waals surface area (Å²) in [6.07, 6.45) is 1.42. The number of carbonyl (C=O) groups excluding carboxylic acids is 1. The fraction of sp³-hybridized carbons (Fsp3) is 0.385. The van der Waals surface area contributed by atoms with Crippen LogP contribution in [0.1, 0.15) is 24.8 Å². The monoisotopic (exact) mass is 312 g/mol. The summed E-state index contributed by atoms with van der Waals surface area (Å²) in [4.78, 5) is 23.1. The molecule has 21 heavy (non-hydrogen) atoms. The first-order valence-electron chi connectivity index (χ1n) is 6.39. The number of aliphatic carboxylic acids is 1. The standard InChI is InChI=1S/C13H16N2O5S/c14-21(19,20)10-4-2-9(3-5-10)8-15-11(16)13(12(17)18)6-1-7-13/h2-5H,1,6-8H2,(H,15,16)(H,17,18)(H2,14,19,20). The van der Waals surface area contributed by atoms with Gasteiger partial charge in [0.25, 0.3) is 0 Å². The quantitative estimate of drug-likeness (QED) is 0.670. The fourth-order valence-electron chi connectivity index (χ4n) is 2.22. The summed E-state index contributed by atoms with van der Waals surface area (Å²) < 4.78 is 22.2. The van der Waals surface area contributed by atoms with Gasteiger partial charge in [0.05, 0.1) is 4.90 Å². The SMILES string of the molecule is NS(=O)(=O)c1ccc(CNC(=O)C2(C(=O)O)CCC2)cc1. The first kappa shape index (κ1) is 15.5. The second-order valence-corrected chi connectivity index (χ2v) is 6.67. The zero-order valence-corrected chi connectivity index (χ0v) is 12.0. The normalized spacial score (nSPS) is 16.8. The van der Waals surface area contributed by atoms with Crippen molar-refractivity contribution in [1.82, 2.24) is 5.32 Å². The van der Waals surface area contributed by atoms with E-state index in [-0.39, 0.29) is 11.4 Å². The Balaban J connectivity index is 2.00. The van der Waals surface area contributed by atoms with Crippen molar-refractivity contribution in [1.29, 1.82) is 0 Å². The molecule has 1 aliphatic rings. The number of benzene rings is 1. The molecule has 0 spiro atoms. The number of hydrogen-bond donors (Lipinski definition) is 3. The van der Waals surface area contributed by atoms with Crippen molar-refractivity contribution in [3.8, 4) is 0 Å². The highest BCUT2D eigenvalue weighted by Gasteiger charge is 2.50. The Bertz CT molecular complexity index is 662. The van der Waals surface area contributed by atoms with Crippen LogP contribution in [-0.4, -0.2) is 25.4 Å². The largest absolute Gasteiger partial charge is 0.480 e. The summed E-state index contributed by atoms with van der Waals surface area (Å²) in [5.41, 5.74) is -0.642. The van der Waals surface area contributed by atoms with Gasteiger partial charge in [-0.3, -0.25) is 9.59 Å². The molecular weight excluding hydrogens is 296 g/mol. The van der Waals surface area contributed by atoms with Gasteiger partial charge < -0.3 is 10.4 Å². The van der Waals surface area contributed by atoms with Crippen molar-refractivity contribution in [2.75, 3.05) is 0 Å². The van der Waals surface area contributed by atoms with Crippen LogP contribution >= 0.6 is 0 Å². The van der Waals surface area contributed by atoms with Crippen LogP contribution in [0.5, 0.6) is 0 Å². The molecule has 0 radical (unpaired) electrons. The van der Waals surface area contributed by atoms with Crippen LogP contribution in [0.15, 0.2) is 29.2 Å². The van der Waals surface area contributed by atoms with E-state index >= 15 is 0 Å². The Kier molecular flexibility index (Phi) is 4.02. The van der Waals surface area contributed by atoms with Crippen molar-refractivity contribution < 1.29 is 23.1 Å². The van der Waals surface area contributed by atoms with Gasteiger partial charge in [0, 0.05) is 6.54 Å². The van der Waals surface area contributed by atoms with Gasteiger partial charge in [-0.05, 0) is 30.5 Å². The number of sulfonamides is 1. The molecule has 1 aliphatic carbocycles. The molecule has 8 heteroatoms. The molecule has 4 N–H and O–H groups in total. The van der Waals surface area contributed by atoms with E-state index in [1.54, 1.807) is 0 Å². The molecule has 1 aromatic rings. The van der Waals surface area contributed by atoms with E-state index in [1.807, 2.05) is 0 Å². The predicted molar refractivity (Wildman–Crippen MR) is 73.6 cm³/mol. The number of rotatable bonds is 5. The molecule has 0 aliphatic heterocycles. The molecule has 114 valence electrons. The zero-order valence-electron chi connectivity index (χ0n) is 11.2. The van der Waals surface area contributed by atoms with Crippen LogP contribution in [0.25, 0.3) is 0 Å². The van der Waals surface area contributed by atoms with E-state index in [1.165, 1.54) is 24.3 Å². The number of nitrogens with one attached hydrogen (secondary N) is 1. The molecule has 1 aromatic carbocycles. The van der Waals surface area contributed by atoms with Crippen molar-refractivity contribution in [2.45, 2.75) is 30.7 Å². The summed E-state index contributed by atoms with van der Waals surface area (Å²) in [5.74, 6) is -1.60.